The van der Waals surface area contributed by atoms with Crippen LogP contribution in [0.4, 0.5) is 8.78 Å². The Morgan fingerprint density at radius 2 is 1.87 bits per heavy atom. The molecule has 0 unspecified atom stereocenters. The van der Waals surface area contributed by atoms with E-state index in [9.17, 15) is 13.6 Å². The van der Waals surface area contributed by atoms with Crippen molar-refractivity contribution in [1.29, 1.82) is 0 Å². The van der Waals surface area contributed by atoms with E-state index in [1.165, 1.54) is 11.1 Å². The van der Waals surface area contributed by atoms with Crippen LogP contribution in [0.25, 0.3) is 0 Å². The van der Waals surface area contributed by atoms with Crippen molar-refractivity contribution in [2.75, 3.05) is 26.2 Å². The van der Waals surface area contributed by atoms with E-state index in [0.717, 1.165) is 25.9 Å². The predicted octanol–water partition coefficient (Wildman–Crippen LogP) is 3.33. The molecule has 1 N–H and O–H groups in total. The zero-order valence-corrected chi connectivity index (χ0v) is 13.6. The van der Waals surface area contributed by atoms with Crippen molar-refractivity contribution in [2.45, 2.75) is 44.4 Å². The lowest BCUT2D eigenvalue weighted by Crippen LogP contribution is -2.42. The molecular weight excluding hydrogens is 298 g/mol. The maximum atomic E-state index is 13.3. The van der Waals surface area contributed by atoms with Crippen molar-refractivity contribution in [2.24, 2.45) is 0 Å². The summed E-state index contributed by atoms with van der Waals surface area (Å²) in [6.45, 7) is 4.37. The number of carbonyl (C=O) groups excluding carboxylic acids is 1. The summed E-state index contributed by atoms with van der Waals surface area (Å²) in [6, 6.07) is 5.80. The largest absolute Gasteiger partial charge is 0.338 e. The summed E-state index contributed by atoms with van der Waals surface area (Å²) in [5.41, 5.74) is 3.08. The molecule has 5 heteroatoms. The van der Waals surface area contributed by atoms with E-state index in [1.54, 1.807) is 4.90 Å². The number of hydrogen-bond donors (Lipinski definition) is 1. The van der Waals surface area contributed by atoms with E-state index >= 15 is 0 Å². The van der Waals surface area contributed by atoms with Crippen molar-refractivity contribution in [3.05, 3.63) is 34.9 Å². The molecule has 0 aromatic heterocycles. The van der Waals surface area contributed by atoms with E-state index in [0.29, 0.717) is 11.5 Å². The molecular formula is C18H24F2N2O. The number of halogens is 2. The van der Waals surface area contributed by atoms with Crippen LogP contribution in [0.5, 0.6) is 0 Å². The number of nitrogens with one attached hydrogen (secondary N) is 1. The van der Waals surface area contributed by atoms with Crippen LogP contribution >= 0.6 is 0 Å². The van der Waals surface area contributed by atoms with Crippen LogP contribution < -0.4 is 5.32 Å². The molecule has 2 heterocycles. The standard InChI is InChI=1S/C18H24F2N2O/c1-13-2-3-15(12-16(13)14-4-8-21-9-5-14)17(23)22-10-6-18(19,20)7-11-22/h2-3,12,14,21H,4-11H2,1H3. The van der Waals surface area contributed by atoms with Crippen molar-refractivity contribution < 1.29 is 13.6 Å². The molecule has 3 nitrogen and oxygen atoms in total. The molecule has 1 aromatic rings. The third-order valence-corrected chi connectivity index (χ3v) is 5.09. The molecule has 2 saturated heterocycles. The van der Waals surface area contributed by atoms with Crippen LogP contribution in [0.2, 0.25) is 0 Å². The molecule has 0 bridgehead atoms. The maximum absolute atomic E-state index is 13.3. The zero-order valence-electron chi connectivity index (χ0n) is 13.6. The molecule has 3 rings (SSSR count). The maximum Gasteiger partial charge on any atom is 0.253 e. The topological polar surface area (TPSA) is 32.3 Å². The Kier molecular flexibility index (Phi) is 4.67. The number of nitrogens with zero attached hydrogens (tertiary/aromatic N) is 1. The van der Waals surface area contributed by atoms with E-state index in [4.69, 9.17) is 0 Å². The SMILES string of the molecule is Cc1ccc(C(=O)N2CCC(F)(F)CC2)cc1C1CCNCC1. The highest BCUT2D eigenvalue weighted by Gasteiger charge is 2.35. The number of likely N-dealkylation sites (tertiary alicyclic amines) is 1. The fraction of sp³-hybridized carbons (Fsp3) is 0.611. The minimum absolute atomic E-state index is 0.115. The zero-order chi connectivity index (χ0) is 16.4. The normalized spacial score (nSPS) is 22.1. The van der Waals surface area contributed by atoms with E-state index < -0.39 is 5.92 Å². The Labute approximate surface area is 136 Å². The number of benzene rings is 1. The number of aryl methyl sites for hydroxylation is 1. The minimum atomic E-state index is -2.62. The van der Waals surface area contributed by atoms with Crippen LogP contribution in [0, 0.1) is 6.92 Å². The molecule has 23 heavy (non-hydrogen) atoms. The van der Waals surface area contributed by atoms with Gasteiger partial charge in [-0.1, -0.05) is 6.07 Å². The molecule has 1 amide bonds. The second kappa shape index (κ2) is 6.56. The van der Waals surface area contributed by atoms with E-state index in [-0.39, 0.29) is 31.8 Å². The van der Waals surface area contributed by atoms with Crippen molar-refractivity contribution in [1.82, 2.24) is 10.2 Å². The number of rotatable bonds is 2. The van der Waals surface area contributed by atoms with Gasteiger partial charge in [0.15, 0.2) is 0 Å². The van der Waals surface area contributed by atoms with Gasteiger partial charge in [-0.25, -0.2) is 8.78 Å². The highest BCUT2D eigenvalue weighted by Crippen LogP contribution is 2.31. The number of amides is 1. The van der Waals surface area contributed by atoms with Gasteiger partial charge in [0.2, 0.25) is 0 Å². The second-order valence-electron chi connectivity index (χ2n) is 6.74. The predicted molar refractivity (Wildman–Crippen MR) is 86.1 cm³/mol. The summed E-state index contributed by atoms with van der Waals surface area (Å²) in [7, 11) is 0. The minimum Gasteiger partial charge on any atom is -0.338 e. The fourth-order valence-corrected chi connectivity index (χ4v) is 3.57. The highest BCUT2D eigenvalue weighted by atomic mass is 19.3. The average Bonchev–Trinajstić information content (AvgIpc) is 2.55. The number of piperidine rings is 2. The van der Waals surface area contributed by atoms with Gasteiger partial charge in [-0.05, 0) is 62.0 Å². The Morgan fingerprint density at radius 1 is 1.22 bits per heavy atom. The van der Waals surface area contributed by atoms with E-state index in [2.05, 4.69) is 12.2 Å². The lowest BCUT2D eigenvalue weighted by atomic mass is 9.86. The molecule has 0 atom stereocenters. The van der Waals surface area contributed by atoms with Crippen LogP contribution in [0.1, 0.15) is 53.1 Å². The lowest BCUT2D eigenvalue weighted by Gasteiger charge is -2.32. The Hall–Kier alpha value is -1.49. The fourth-order valence-electron chi connectivity index (χ4n) is 3.57. The Balaban J connectivity index is 1.76. The summed E-state index contributed by atoms with van der Waals surface area (Å²) < 4.78 is 26.5. The molecule has 0 radical (unpaired) electrons. The summed E-state index contributed by atoms with van der Waals surface area (Å²) in [6.07, 6.45) is 1.69. The van der Waals surface area contributed by atoms with Crippen molar-refractivity contribution in [3.8, 4) is 0 Å². The van der Waals surface area contributed by atoms with Gasteiger partial charge in [0.05, 0.1) is 0 Å². The molecule has 0 saturated carbocycles. The number of carbonyl (C=O) groups is 1. The quantitative estimate of drug-likeness (QED) is 0.906. The summed E-state index contributed by atoms with van der Waals surface area (Å²) >= 11 is 0. The highest BCUT2D eigenvalue weighted by molar-refractivity contribution is 5.94. The molecule has 1 aromatic carbocycles. The van der Waals surface area contributed by atoms with Crippen LogP contribution in [0.3, 0.4) is 0 Å². The van der Waals surface area contributed by atoms with Gasteiger partial charge in [-0.2, -0.15) is 0 Å². The van der Waals surface area contributed by atoms with Gasteiger partial charge >= 0.3 is 0 Å². The van der Waals surface area contributed by atoms with Crippen LogP contribution in [-0.2, 0) is 0 Å². The van der Waals surface area contributed by atoms with Crippen LogP contribution in [-0.4, -0.2) is 42.9 Å². The number of hydrogen-bond acceptors (Lipinski definition) is 2. The third kappa shape index (κ3) is 3.71. The van der Waals surface area contributed by atoms with Gasteiger partial charge in [0.25, 0.3) is 11.8 Å². The first kappa shape index (κ1) is 16.4. The van der Waals surface area contributed by atoms with Gasteiger partial charge in [-0.15, -0.1) is 0 Å². The molecule has 0 aliphatic carbocycles. The van der Waals surface area contributed by atoms with Gasteiger partial charge in [0.1, 0.15) is 0 Å². The molecule has 2 fully saturated rings. The van der Waals surface area contributed by atoms with Gasteiger partial charge < -0.3 is 10.2 Å². The van der Waals surface area contributed by atoms with Gasteiger partial charge in [-0.3, -0.25) is 4.79 Å². The van der Waals surface area contributed by atoms with Crippen molar-refractivity contribution in [3.63, 3.8) is 0 Å². The molecule has 2 aliphatic rings. The third-order valence-electron chi connectivity index (χ3n) is 5.09. The molecule has 126 valence electrons. The first-order chi connectivity index (χ1) is 11.0. The second-order valence-corrected chi connectivity index (χ2v) is 6.74. The molecule has 2 aliphatic heterocycles. The summed E-state index contributed by atoms with van der Waals surface area (Å²) in [4.78, 5) is 14.2. The first-order valence-corrected chi connectivity index (χ1v) is 8.45. The summed E-state index contributed by atoms with van der Waals surface area (Å²) in [5.74, 6) is -2.25. The van der Waals surface area contributed by atoms with Gasteiger partial charge in [0, 0.05) is 31.5 Å². The Morgan fingerprint density at radius 3 is 2.52 bits per heavy atom. The first-order valence-electron chi connectivity index (χ1n) is 8.45. The average molecular weight is 322 g/mol. The summed E-state index contributed by atoms with van der Waals surface area (Å²) in [5, 5.41) is 3.35. The lowest BCUT2D eigenvalue weighted by molar-refractivity contribution is -0.0494. The number of alkyl halides is 2. The molecule has 0 spiro atoms. The van der Waals surface area contributed by atoms with Crippen molar-refractivity contribution >= 4 is 5.91 Å². The monoisotopic (exact) mass is 322 g/mol. The Bertz CT molecular complexity index is 572. The van der Waals surface area contributed by atoms with Crippen LogP contribution in [0.15, 0.2) is 18.2 Å². The van der Waals surface area contributed by atoms with E-state index in [1.807, 2.05) is 18.2 Å². The smallest absolute Gasteiger partial charge is 0.253 e.